The molecule has 0 saturated heterocycles. The van der Waals surface area contributed by atoms with Crippen molar-refractivity contribution in [2.75, 3.05) is 14.2 Å². The van der Waals surface area contributed by atoms with E-state index in [1.54, 1.807) is 26.4 Å². The van der Waals surface area contributed by atoms with Crippen molar-refractivity contribution in [2.24, 2.45) is 0 Å². The van der Waals surface area contributed by atoms with Crippen LogP contribution in [-0.2, 0) is 4.74 Å². The van der Waals surface area contributed by atoms with Gasteiger partial charge in [-0.3, -0.25) is 4.79 Å². The molecule has 1 rings (SSSR count). The number of methoxy groups -OCH3 is 1. The molecule has 0 radical (unpaired) electrons. The molecule has 0 aliphatic rings. The van der Waals surface area contributed by atoms with E-state index in [1.807, 2.05) is 0 Å². The Morgan fingerprint density at radius 1 is 1.50 bits per heavy atom. The fourth-order valence-electron chi connectivity index (χ4n) is 0.457. The largest absolute Gasteiger partial charge is 0.388 e. The molecule has 0 atom stereocenters. The molecule has 0 bridgehead atoms. The van der Waals surface area contributed by atoms with Crippen LogP contribution in [0.4, 0.5) is 0 Å². The maximum Gasteiger partial charge on any atom is 0.151 e. The summed E-state index contributed by atoms with van der Waals surface area (Å²) in [4.78, 5) is 13.9. The number of carbonyl (C=O) groups is 1. The van der Waals surface area contributed by atoms with Crippen molar-refractivity contribution in [1.82, 2.24) is 4.98 Å². The van der Waals surface area contributed by atoms with E-state index in [4.69, 9.17) is 0 Å². The van der Waals surface area contributed by atoms with Crippen LogP contribution in [0.5, 0.6) is 0 Å². The van der Waals surface area contributed by atoms with E-state index in [0.29, 0.717) is 5.56 Å². The number of halogens is 1. The van der Waals surface area contributed by atoms with Gasteiger partial charge in [0.1, 0.15) is 4.60 Å². The first-order valence-electron chi connectivity index (χ1n) is 3.21. The van der Waals surface area contributed by atoms with Gasteiger partial charge in [0, 0.05) is 26.0 Å². The van der Waals surface area contributed by atoms with Crippen molar-refractivity contribution in [3.63, 3.8) is 0 Å². The molecule has 1 heterocycles. The molecule has 3 nitrogen and oxygen atoms in total. The zero-order valence-corrected chi connectivity index (χ0v) is 8.54. The summed E-state index contributed by atoms with van der Waals surface area (Å²) >= 11 is 3.15. The lowest BCUT2D eigenvalue weighted by Crippen LogP contribution is -1.80. The smallest absolute Gasteiger partial charge is 0.151 e. The van der Waals surface area contributed by atoms with Crippen LogP contribution in [0.3, 0.4) is 0 Å². The number of ether oxygens (including phenoxy) is 1. The summed E-state index contributed by atoms with van der Waals surface area (Å²) in [5.41, 5.74) is 0.596. The highest BCUT2D eigenvalue weighted by Gasteiger charge is 1.87. The minimum atomic E-state index is 0.596. The fraction of sp³-hybridized carbons (Fsp3) is 0.250. The number of nitrogens with zero attached hydrogens (tertiary/aromatic N) is 1. The molecule has 1 aromatic rings. The highest BCUT2D eigenvalue weighted by Crippen LogP contribution is 2.03. The third kappa shape index (κ3) is 4.98. The summed E-state index contributed by atoms with van der Waals surface area (Å²) in [6.07, 6.45) is 2.27. The van der Waals surface area contributed by atoms with Gasteiger partial charge >= 0.3 is 0 Å². The molecule has 0 aliphatic carbocycles. The predicted octanol–water partition coefficient (Wildman–Crippen LogP) is 1.92. The number of aromatic nitrogens is 1. The third-order valence-electron chi connectivity index (χ3n) is 0.886. The van der Waals surface area contributed by atoms with Gasteiger partial charge in [-0.1, -0.05) is 0 Å². The average molecular weight is 232 g/mol. The summed E-state index contributed by atoms with van der Waals surface area (Å²) in [5, 5.41) is 0. The van der Waals surface area contributed by atoms with Gasteiger partial charge in [-0.25, -0.2) is 4.98 Å². The van der Waals surface area contributed by atoms with E-state index >= 15 is 0 Å². The zero-order chi connectivity index (χ0) is 9.40. The van der Waals surface area contributed by atoms with Gasteiger partial charge in [0.2, 0.25) is 0 Å². The zero-order valence-electron chi connectivity index (χ0n) is 6.95. The molecular formula is C8H10BrNO2. The van der Waals surface area contributed by atoms with E-state index in [1.165, 1.54) is 6.20 Å². The Kier molecular flexibility index (Phi) is 6.51. The Hall–Kier alpha value is -0.740. The van der Waals surface area contributed by atoms with Gasteiger partial charge in [0.15, 0.2) is 6.29 Å². The lowest BCUT2D eigenvalue weighted by Gasteiger charge is -1.87. The van der Waals surface area contributed by atoms with Gasteiger partial charge in [-0.2, -0.15) is 0 Å². The predicted molar refractivity (Wildman–Crippen MR) is 50.3 cm³/mol. The molecule has 12 heavy (non-hydrogen) atoms. The molecule has 0 aromatic carbocycles. The second kappa shape index (κ2) is 6.94. The SMILES string of the molecule is COC.O=Cc1ccc(Br)nc1. The van der Waals surface area contributed by atoms with Gasteiger partial charge in [0.05, 0.1) is 0 Å². The molecule has 4 heteroatoms. The topological polar surface area (TPSA) is 39.2 Å². The summed E-state index contributed by atoms with van der Waals surface area (Å²) in [6.45, 7) is 0. The number of pyridine rings is 1. The molecule has 0 fully saturated rings. The van der Waals surface area contributed by atoms with E-state index in [2.05, 4.69) is 25.7 Å². The second-order valence-electron chi connectivity index (χ2n) is 1.94. The first kappa shape index (κ1) is 11.3. The van der Waals surface area contributed by atoms with Crippen molar-refractivity contribution < 1.29 is 9.53 Å². The van der Waals surface area contributed by atoms with Gasteiger partial charge in [0.25, 0.3) is 0 Å². The van der Waals surface area contributed by atoms with Crippen LogP contribution >= 0.6 is 15.9 Å². The van der Waals surface area contributed by atoms with Crippen LogP contribution < -0.4 is 0 Å². The normalized spacial score (nSPS) is 8.25. The van der Waals surface area contributed by atoms with Crippen LogP contribution in [0, 0.1) is 0 Å². The molecule has 0 saturated carbocycles. The Labute approximate surface area is 79.9 Å². The average Bonchev–Trinajstić information content (AvgIpc) is 2.07. The van der Waals surface area contributed by atoms with Crippen molar-refractivity contribution in [3.8, 4) is 0 Å². The van der Waals surface area contributed by atoms with Crippen molar-refractivity contribution in [2.45, 2.75) is 0 Å². The van der Waals surface area contributed by atoms with Crippen LogP contribution in [0.15, 0.2) is 22.9 Å². The fourth-order valence-corrected chi connectivity index (χ4v) is 0.692. The quantitative estimate of drug-likeness (QED) is 0.548. The van der Waals surface area contributed by atoms with Gasteiger partial charge in [-0.15, -0.1) is 0 Å². The maximum atomic E-state index is 10.1. The van der Waals surface area contributed by atoms with Gasteiger partial charge < -0.3 is 4.74 Å². The van der Waals surface area contributed by atoms with E-state index in [-0.39, 0.29) is 0 Å². The van der Waals surface area contributed by atoms with E-state index in [9.17, 15) is 4.79 Å². The minimum Gasteiger partial charge on any atom is -0.388 e. The Morgan fingerprint density at radius 3 is 2.42 bits per heavy atom. The molecule has 66 valence electrons. The molecule has 0 amide bonds. The maximum absolute atomic E-state index is 10.1. The van der Waals surface area contributed by atoms with Crippen LogP contribution in [0.1, 0.15) is 10.4 Å². The lowest BCUT2D eigenvalue weighted by atomic mass is 10.3. The van der Waals surface area contributed by atoms with Crippen LogP contribution in [0.25, 0.3) is 0 Å². The molecular weight excluding hydrogens is 222 g/mol. The first-order valence-corrected chi connectivity index (χ1v) is 4.00. The highest BCUT2D eigenvalue weighted by atomic mass is 79.9. The number of hydrogen-bond acceptors (Lipinski definition) is 3. The Bertz CT molecular complexity index is 223. The number of carbonyl (C=O) groups excluding carboxylic acids is 1. The summed E-state index contributed by atoms with van der Waals surface area (Å²) in [5.74, 6) is 0. The van der Waals surface area contributed by atoms with Crippen molar-refractivity contribution >= 4 is 22.2 Å². The molecule has 0 spiro atoms. The number of aldehydes is 1. The van der Waals surface area contributed by atoms with Crippen LogP contribution in [-0.4, -0.2) is 25.5 Å². The molecule has 0 aliphatic heterocycles. The van der Waals surface area contributed by atoms with E-state index < -0.39 is 0 Å². The summed E-state index contributed by atoms with van der Waals surface area (Å²) in [7, 11) is 3.25. The standard InChI is InChI=1S/C6H4BrNO.C2H6O/c7-6-2-1-5(4-9)3-8-6;1-3-2/h1-4H;1-2H3. The second-order valence-corrected chi connectivity index (χ2v) is 2.75. The number of rotatable bonds is 1. The molecule has 0 N–H and O–H groups in total. The monoisotopic (exact) mass is 231 g/mol. The summed E-state index contributed by atoms with van der Waals surface area (Å²) < 4.78 is 4.99. The summed E-state index contributed by atoms with van der Waals surface area (Å²) in [6, 6.07) is 3.42. The molecule has 0 unspecified atom stereocenters. The van der Waals surface area contributed by atoms with Crippen LogP contribution in [0.2, 0.25) is 0 Å². The lowest BCUT2D eigenvalue weighted by molar-refractivity contribution is 0.112. The third-order valence-corrected chi connectivity index (χ3v) is 1.36. The first-order chi connectivity index (χ1) is 5.74. The van der Waals surface area contributed by atoms with Crippen molar-refractivity contribution in [1.29, 1.82) is 0 Å². The highest BCUT2D eigenvalue weighted by molar-refractivity contribution is 9.10. The molecule has 1 aromatic heterocycles. The Balaban J connectivity index is 0.000000354. The minimum absolute atomic E-state index is 0.596. The van der Waals surface area contributed by atoms with Gasteiger partial charge in [-0.05, 0) is 28.1 Å². The van der Waals surface area contributed by atoms with Crippen molar-refractivity contribution in [3.05, 3.63) is 28.5 Å². The van der Waals surface area contributed by atoms with E-state index in [0.717, 1.165) is 10.9 Å². The number of hydrogen-bond donors (Lipinski definition) is 0. The Morgan fingerprint density at radius 2 is 2.08 bits per heavy atom.